The second-order valence-electron chi connectivity index (χ2n) is 12.1. The molecular weight excluding hydrogens is 647 g/mol. The minimum absolute atomic E-state index is 0. The maximum Gasteiger partial charge on any atom is 0.318 e. The number of likely N-dealkylation sites (tertiary alicyclic amines) is 1. The number of ether oxygens (including phenoxy) is 2. The van der Waals surface area contributed by atoms with Crippen LogP contribution in [0.3, 0.4) is 0 Å². The average molecular weight is 688 g/mol. The highest BCUT2D eigenvalue weighted by Crippen LogP contribution is 2.39. The van der Waals surface area contributed by atoms with Gasteiger partial charge in [0.15, 0.2) is 0 Å². The zero-order valence-corrected chi connectivity index (χ0v) is 28.2. The van der Waals surface area contributed by atoms with Gasteiger partial charge in [-0.05, 0) is 54.7 Å². The Morgan fingerprint density at radius 1 is 0.761 bits per heavy atom. The quantitative estimate of drug-likeness (QED) is 0.320. The molecule has 0 saturated carbocycles. The summed E-state index contributed by atoms with van der Waals surface area (Å²) < 4.78 is 12.0. The summed E-state index contributed by atoms with van der Waals surface area (Å²) in [5.41, 5.74) is 1.51. The fraction of sp³-hybridized carbons (Fsp3) is 0.429. The third kappa shape index (κ3) is 7.64. The summed E-state index contributed by atoms with van der Waals surface area (Å²) in [7, 11) is 0. The van der Waals surface area contributed by atoms with Crippen molar-refractivity contribution in [1.29, 1.82) is 0 Å². The fourth-order valence-corrected chi connectivity index (χ4v) is 7.06. The van der Waals surface area contributed by atoms with Gasteiger partial charge >= 0.3 is 6.03 Å². The predicted octanol–water partition coefficient (Wildman–Crippen LogP) is 6.21. The third-order valence-electron chi connectivity index (χ3n) is 9.45. The summed E-state index contributed by atoms with van der Waals surface area (Å²) in [6.45, 7) is 6.06. The molecule has 0 aliphatic carbocycles. The van der Waals surface area contributed by atoms with Crippen molar-refractivity contribution in [2.45, 2.75) is 30.4 Å². The number of halogens is 3. The molecule has 46 heavy (non-hydrogen) atoms. The van der Waals surface area contributed by atoms with Crippen LogP contribution in [0, 0.1) is 0 Å². The van der Waals surface area contributed by atoms with Crippen LogP contribution >= 0.6 is 35.6 Å². The topological polar surface area (TPSA) is 74.4 Å². The number of rotatable bonds is 7. The molecule has 11 heteroatoms. The lowest BCUT2D eigenvalue weighted by Gasteiger charge is -2.46. The molecule has 0 radical (unpaired) electrons. The van der Waals surface area contributed by atoms with Crippen molar-refractivity contribution in [3.05, 3.63) is 106 Å². The van der Waals surface area contributed by atoms with Gasteiger partial charge in [0.25, 0.3) is 5.91 Å². The molecule has 1 N–H and O–H groups in total. The number of benzene rings is 3. The lowest BCUT2D eigenvalue weighted by molar-refractivity contribution is -0.113. The van der Waals surface area contributed by atoms with Crippen LogP contribution in [0.5, 0.6) is 0 Å². The average Bonchev–Trinajstić information content (AvgIpc) is 3.10. The first-order chi connectivity index (χ1) is 21.9. The molecule has 1 atom stereocenters. The van der Waals surface area contributed by atoms with E-state index in [0.717, 1.165) is 43.6 Å². The van der Waals surface area contributed by atoms with E-state index in [-0.39, 0.29) is 24.3 Å². The van der Waals surface area contributed by atoms with Crippen molar-refractivity contribution in [1.82, 2.24) is 20.0 Å². The van der Waals surface area contributed by atoms with Gasteiger partial charge in [0, 0.05) is 44.8 Å². The number of hydrogen-bond donors (Lipinski definition) is 1. The highest BCUT2D eigenvalue weighted by molar-refractivity contribution is 6.42. The Morgan fingerprint density at radius 2 is 1.41 bits per heavy atom. The van der Waals surface area contributed by atoms with E-state index in [0.29, 0.717) is 68.0 Å². The van der Waals surface area contributed by atoms with Crippen LogP contribution in [-0.2, 0) is 20.6 Å². The Kier molecular flexibility index (Phi) is 11.5. The molecule has 3 heterocycles. The van der Waals surface area contributed by atoms with Crippen molar-refractivity contribution in [3.63, 3.8) is 0 Å². The van der Waals surface area contributed by atoms with Crippen LogP contribution in [0.15, 0.2) is 78.9 Å². The van der Waals surface area contributed by atoms with Gasteiger partial charge in [-0.15, -0.1) is 12.4 Å². The molecule has 0 aromatic heterocycles. The summed E-state index contributed by atoms with van der Waals surface area (Å²) in [4.78, 5) is 33.1. The van der Waals surface area contributed by atoms with Crippen LogP contribution in [0.2, 0.25) is 10.0 Å². The van der Waals surface area contributed by atoms with Crippen LogP contribution in [0.25, 0.3) is 0 Å². The Hall–Kier alpha value is -2.85. The lowest BCUT2D eigenvalue weighted by atomic mass is 9.80. The van der Waals surface area contributed by atoms with E-state index >= 15 is 0 Å². The fourth-order valence-electron chi connectivity index (χ4n) is 6.76. The molecule has 3 fully saturated rings. The number of hydrogen-bond acceptors (Lipinski definition) is 5. The van der Waals surface area contributed by atoms with Crippen molar-refractivity contribution >= 4 is 47.5 Å². The number of piperidine rings is 1. The Balaban J connectivity index is 0.00000417. The smallest absolute Gasteiger partial charge is 0.318 e. The van der Waals surface area contributed by atoms with Crippen molar-refractivity contribution in [2.24, 2.45) is 0 Å². The summed E-state index contributed by atoms with van der Waals surface area (Å²) in [6, 6.07) is 25.3. The molecular formula is C35H41Cl3N4O4. The monoisotopic (exact) mass is 686 g/mol. The van der Waals surface area contributed by atoms with Gasteiger partial charge in [-0.25, -0.2) is 4.79 Å². The molecule has 3 aromatic rings. The molecule has 3 amide bonds. The predicted molar refractivity (Wildman–Crippen MR) is 183 cm³/mol. The molecule has 3 saturated heterocycles. The van der Waals surface area contributed by atoms with Crippen molar-refractivity contribution in [3.8, 4) is 0 Å². The molecule has 1 unspecified atom stereocenters. The number of carbonyl (C=O) groups is 2. The van der Waals surface area contributed by atoms with E-state index in [1.54, 1.807) is 6.07 Å². The van der Waals surface area contributed by atoms with Gasteiger partial charge in [-0.1, -0.05) is 77.8 Å². The van der Waals surface area contributed by atoms with Crippen LogP contribution in [-0.4, -0.2) is 92.3 Å². The van der Waals surface area contributed by atoms with E-state index in [1.165, 1.54) is 0 Å². The second-order valence-corrected chi connectivity index (χ2v) is 12.9. The van der Waals surface area contributed by atoms with E-state index in [4.69, 9.17) is 32.7 Å². The highest BCUT2D eigenvalue weighted by Gasteiger charge is 2.43. The van der Waals surface area contributed by atoms with Gasteiger partial charge < -0.3 is 29.5 Å². The van der Waals surface area contributed by atoms with Gasteiger partial charge in [-0.2, -0.15) is 0 Å². The first-order valence-electron chi connectivity index (χ1n) is 15.7. The maximum atomic E-state index is 13.5. The normalized spacial score (nSPS) is 21.7. The molecule has 3 aliphatic heterocycles. The van der Waals surface area contributed by atoms with Gasteiger partial charge in [0.05, 0.1) is 41.9 Å². The van der Waals surface area contributed by atoms with Crippen molar-refractivity contribution < 1.29 is 19.1 Å². The summed E-state index contributed by atoms with van der Waals surface area (Å²) in [5, 5.41) is 4.38. The summed E-state index contributed by atoms with van der Waals surface area (Å²) >= 11 is 12.8. The summed E-state index contributed by atoms with van der Waals surface area (Å²) in [5.74, 6) is -0.00929. The molecule has 3 aliphatic rings. The number of nitrogens with zero attached hydrogens (tertiary/aromatic N) is 3. The highest BCUT2D eigenvalue weighted by atomic mass is 35.5. The number of carbonyl (C=O) groups excluding carboxylic acids is 2. The largest absolute Gasteiger partial charge is 0.378 e. The zero-order valence-electron chi connectivity index (χ0n) is 25.8. The van der Waals surface area contributed by atoms with E-state index in [9.17, 15) is 9.59 Å². The van der Waals surface area contributed by atoms with Gasteiger partial charge in [0.2, 0.25) is 0 Å². The molecule has 0 spiro atoms. The minimum atomic E-state index is -0.741. The Labute approximate surface area is 287 Å². The molecule has 0 bridgehead atoms. The SMILES string of the molecule is Cl.O=C(NC1(c2ccccc2)CCN(CCC2(c3ccc(Cl)c(Cl)c3)CN(C(=O)c3ccccc3)CCO2)CC1)N1CCOCC1. The number of urea groups is 1. The molecule has 3 aromatic carbocycles. The van der Waals surface area contributed by atoms with Gasteiger partial charge in [0.1, 0.15) is 5.60 Å². The summed E-state index contributed by atoms with van der Waals surface area (Å²) in [6.07, 6.45) is 2.24. The van der Waals surface area contributed by atoms with E-state index < -0.39 is 11.1 Å². The first-order valence-corrected chi connectivity index (χ1v) is 16.5. The van der Waals surface area contributed by atoms with Crippen LogP contribution in [0.4, 0.5) is 4.79 Å². The maximum absolute atomic E-state index is 13.5. The number of morpholine rings is 2. The van der Waals surface area contributed by atoms with Crippen molar-refractivity contribution in [2.75, 3.05) is 65.6 Å². The number of nitrogens with one attached hydrogen (secondary N) is 1. The zero-order chi connectivity index (χ0) is 31.3. The number of amides is 3. The lowest BCUT2D eigenvalue weighted by Crippen LogP contribution is -2.58. The molecule has 246 valence electrons. The van der Waals surface area contributed by atoms with Crippen LogP contribution < -0.4 is 5.32 Å². The van der Waals surface area contributed by atoms with E-state index in [1.807, 2.05) is 70.5 Å². The molecule has 6 rings (SSSR count). The third-order valence-corrected chi connectivity index (χ3v) is 10.2. The molecule has 8 nitrogen and oxygen atoms in total. The van der Waals surface area contributed by atoms with E-state index in [2.05, 4.69) is 22.3 Å². The first kappa shape index (κ1) is 34.5. The Bertz CT molecular complexity index is 1470. The standard InChI is InChI=1S/C35H40Cl2N4O4.ClH/c36-30-12-11-29(25-31(30)37)35(26-41(21-24-45-35)32(42)27-7-3-1-4-8-27)15-18-39-16-13-34(14-17-39,28-9-5-2-6-10-28)38-33(43)40-19-22-44-23-20-40;/h1-12,25H,13-24,26H2,(H,38,43);1H. The minimum Gasteiger partial charge on any atom is -0.378 e. The Morgan fingerprint density at radius 3 is 2.09 bits per heavy atom. The van der Waals surface area contributed by atoms with Crippen LogP contribution in [0.1, 0.15) is 40.7 Å². The van der Waals surface area contributed by atoms with Gasteiger partial charge in [-0.3, -0.25) is 4.79 Å². The second kappa shape index (κ2) is 15.4.